The predicted molar refractivity (Wildman–Crippen MR) is 109 cm³/mol. The molecule has 0 fully saturated rings. The Balaban J connectivity index is 1.76. The summed E-state index contributed by atoms with van der Waals surface area (Å²) in [7, 11) is 0. The number of rotatable bonds is 8. The molecule has 0 aliphatic rings. The number of hydrogen-bond donors (Lipinski definition) is 0. The van der Waals surface area contributed by atoms with Crippen molar-refractivity contribution in [3.63, 3.8) is 0 Å². The second kappa shape index (κ2) is 8.48. The zero-order chi connectivity index (χ0) is 19.4. The molecule has 0 spiro atoms. The van der Waals surface area contributed by atoms with Gasteiger partial charge >= 0.3 is 5.69 Å². The maximum atomic E-state index is 12.8. The van der Waals surface area contributed by atoms with Gasteiger partial charge in [0.2, 0.25) is 0 Å². The van der Waals surface area contributed by atoms with E-state index in [4.69, 9.17) is 0 Å². The van der Waals surface area contributed by atoms with E-state index in [0.29, 0.717) is 31.1 Å². The lowest BCUT2D eigenvalue weighted by molar-refractivity contribution is -0.119. The monoisotopic (exact) mass is 383 g/mol. The zero-order valence-electron chi connectivity index (χ0n) is 16.0. The van der Waals surface area contributed by atoms with Gasteiger partial charge in [-0.2, -0.15) is 0 Å². The van der Waals surface area contributed by atoms with E-state index in [-0.39, 0.29) is 18.0 Å². The highest BCUT2D eigenvalue weighted by atomic mass is 32.1. The van der Waals surface area contributed by atoms with E-state index in [0.717, 1.165) is 10.4 Å². The maximum Gasteiger partial charge on any atom is 0.346 e. The topological polar surface area (TPSA) is 56.9 Å². The number of Topliss-reactive ketones (excluding diaryl/α,β-unsaturated/α-hetero) is 1. The van der Waals surface area contributed by atoms with Crippen LogP contribution in [0.4, 0.5) is 0 Å². The van der Waals surface area contributed by atoms with E-state index in [1.165, 1.54) is 10.2 Å². The lowest BCUT2D eigenvalue weighted by Gasteiger charge is -2.06. The highest BCUT2D eigenvalue weighted by Crippen LogP contribution is 2.22. The molecular formula is C21H25N3O2S. The summed E-state index contributed by atoms with van der Waals surface area (Å²) in [4.78, 5) is 26.2. The third-order valence-corrected chi connectivity index (χ3v) is 5.18. The molecule has 0 unspecified atom stereocenters. The van der Waals surface area contributed by atoms with Gasteiger partial charge in [-0.1, -0.05) is 49.7 Å². The van der Waals surface area contributed by atoms with Crippen LogP contribution in [0.5, 0.6) is 0 Å². The maximum absolute atomic E-state index is 12.8. The SMILES string of the molecule is Cc1cccc(CCC(=O)Cn2nc(-c3cccs3)n(CC(C)C)c2=O)c1. The Morgan fingerprint density at radius 1 is 1.22 bits per heavy atom. The van der Waals surface area contributed by atoms with Gasteiger partial charge in [0.15, 0.2) is 11.6 Å². The molecule has 1 aromatic carbocycles. The standard InChI is InChI=1S/C21H25N3O2S/c1-15(2)13-23-20(19-8-5-11-27-19)22-24(21(23)26)14-18(25)10-9-17-7-4-6-16(3)12-17/h4-8,11-12,15H,9-10,13-14H2,1-3H3. The van der Waals surface area contributed by atoms with Crippen molar-refractivity contribution in [2.24, 2.45) is 5.92 Å². The zero-order valence-corrected chi connectivity index (χ0v) is 16.8. The second-order valence-electron chi connectivity index (χ2n) is 7.27. The minimum atomic E-state index is -0.212. The van der Waals surface area contributed by atoms with E-state index in [1.54, 1.807) is 15.9 Å². The van der Waals surface area contributed by atoms with Crippen molar-refractivity contribution in [1.29, 1.82) is 0 Å². The van der Waals surface area contributed by atoms with Crippen LogP contribution >= 0.6 is 11.3 Å². The van der Waals surface area contributed by atoms with Gasteiger partial charge in [-0.05, 0) is 36.3 Å². The second-order valence-corrected chi connectivity index (χ2v) is 8.22. The van der Waals surface area contributed by atoms with Crippen molar-refractivity contribution in [3.05, 3.63) is 63.4 Å². The molecule has 5 nitrogen and oxygen atoms in total. The summed E-state index contributed by atoms with van der Waals surface area (Å²) in [5.41, 5.74) is 2.11. The van der Waals surface area contributed by atoms with Crippen LogP contribution in [0.1, 0.15) is 31.4 Å². The largest absolute Gasteiger partial charge is 0.346 e. The van der Waals surface area contributed by atoms with Gasteiger partial charge in [0, 0.05) is 13.0 Å². The number of aromatic nitrogens is 3. The lowest BCUT2D eigenvalue weighted by Crippen LogP contribution is -2.29. The molecule has 0 saturated heterocycles. The van der Waals surface area contributed by atoms with Gasteiger partial charge in [0.1, 0.15) is 6.54 Å². The van der Waals surface area contributed by atoms with Crippen molar-refractivity contribution >= 4 is 17.1 Å². The molecule has 0 atom stereocenters. The highest BCUT2D eigenvalue weighted by molar-refractivity contribution is 7.13. The number of aryl methyl sites for hydroxylation is 2. The summed E-state index contributed by atoms with van der Waals surface area (Å²) in [5.74, 6) is 0.983. The summed E-state index contributed by atoms with van der Waals surface area (Å²) in [6.07, 6.45) is 1.08. The van der Waals surface area contributed by atoms with E-state index in [2.05, 4.69) is 25.0 Å². The number of hydrogen-bond acceptors (Lipinski definition) is 4. The van der Waals surface area contributed by atoms with Crippen LogP contribution in [-0.2, 0) is 24.3 Å². The van der Waals surface area contributed by atoms with Crippen molar-refractivity contribution < 1.29 is 4.79 Å². The molecule has 2 aromatic heterocycles. The van der Waals surface area contributed by atoms with Crippen molar-refractivity contribution in [3.8, 4) is 10.7 Å². The van der Waals surface area contributed by atoms with E-state index >= 15 is 0 Å². The minimum absolute atomic E-state index is 0.0190. The molecule has 0 aliphatic heterocycles. The summed E-state index contributed by atoms with van der Waals surface area (Å²) in [6.45, 7) is 6.78. The van der Waals surface area contributed by atoms with E-state index in [9.17, 15) is 9.59 Å². The fraction of sp³-hybridized carbons (Fsp3) is 0.381. The van der Waals surface area contributed by atoms with Crippen LogP contribution in [0.25, 0.3) is 10.7 Å². The third kappa shape index (κ3) is 4.83. The normalized spacial score (nSPS) is 11.3. The molecular weight excluding hydrogens is 358 g/mol. The summed E-state index contributed by atoms with van der Waals surface area (Å²) in [5, 5.41) is 6.43. The lowest BCUT2D eigenvalue weighted by atomic mass is 10.1. The first-order valence-electron chi connectivity index (χ1n) is 9.23. The van der Waals surface area contributed by atoms with Crippen LogP contribution in [0, 0.1) is 12.8 Å². The molecule has 0 amide bonds. The highest BCUT2D eigenvalue weighted by Gasteiger charge is 2.18. The fourth-order valence-corrected chi connectivity index (χ4v) is 3.78. The first-order chi connectivity index (χ1) is 12.9. The molecule has 0 radical (unpaired) electrons. The van der Waals surface area contributed by atoms with Crippen LogP contribution in [0.3, 0.4) is 0 Å². The average molecular weight is 384 g/mol. The number of benzene rings is 1. The third-order valence-electron chi connectivity index (χ3n) is 4.31. The number of carbonyl (C=O) groups excluding carboxylic acids is 1. The van der Waals surface area contributed by atoms with Crippen molar-refractivity contribution in [2.45, 2.75) is 46.7 Å². The minimum Gasteiger partial charge on any atom is -0.298 e. The summed E-state index contributed by atoms with van der Waals surface area (Å²) in [6, 6.07) is 12.0. The molecule has 142 valence electrons. The smallest absolute Gasteiger partial charge is 0.298 e. The summed E-state index contributed by atoms with van der Waals surface area (Å²) >= 11 is 1.55. The molecule has 0 bridgehead atoms. The van der Waals surface area contributed by atoms with Gasteiger partial charge in [0.25, 0.3) is 0 Å². The van der Waals surface area contributed by atoms with E-state index < -0.39 is 0 Å². The number of thiophene rings is 1. The van der Waals surface area contributed by atoms with Gasteiger partial charge in [0.05, 0.1) is 4.88 Å². The molecule has 3 rings (SSSR count). The van der Waals surface area contributed by atoms with Gasteiger partial charge < -0.3 is 0 Å². The number of carbonyl (C=O) groups is 1. The van der Waals surface area contributed by atoms with Gasteiger partial charge in [-0.15, -0.1) is 16.4 Å². The Morgan fingerprint density at radius 2 is 2.04 bits per heavy atom. The van der Waals surface area contributed by atoms with Crippen molar-refractivity contribution in [2.75, 3.05) is 0 Å². The van der Waals surface area contributed by atoms with Gasteiger partial charge in [-0.3, -0.25) is 9.36 Å². The first-order valence-corrected chi connectivity index (χ1v) is 10.1. The van der Waals surface area contributed by atoms with Crippen molar-refractivity contribution in [1.82, 2.24) is 14.3 Å². The Morgan fingerprint density at radius 3 is 2.70 bits per heavy atom. The van der Waals surface area contributed by atoms with Crippen LogP contribution in [0.15, 0.2) is 46.6 Å². The number of ketones is 1. The first kappa shape index (κ1) is 19.3. The molecule has 0 aliphatic carbocycles. The van der Waals surface area contributed by atoms with Crippen LogP contribution < -0.4 is 5.69 Å². The Labute approximate surface area is 163 Å². The van der Waals surface area contributed by atoms with Gasteiger partial charge in [-0.25, -0.2) is 9.48 Å². The average Bonchev–Trinajstić information content (AvgIpc) is 3.24. The molecule has 6 heteroatoms. The van der Waals surface area contributed by atoms with Crippen LogP contribution in [-0.4, -0.2) is 20.1 Å². The van der Waals surface area contributed by atoms with Crippen LogP contribution in [0.2, 0.25) is 0 Å². The predicted octanol–water partition coefficient (Wildman–Crippen LogP) is 3.94. The van der Waals surface area contributed by atoms with E-state index in [1.807, 2.05) is 42.6 Å². The Bertz CT molecular complexity index is 968. The number of nitrogens with zero attached hydrogens (tertiary/aromatic N) is 3. The molecule has 0 N–H and O–H groups in total. The fourth-order valence-electron chi connectivity index (χ4n) is 3.06. The summed E-state index contributed by atoms with van der Waals surface area (Å²) < 4.78 is 3.00. The molecule has 0 saturated carbocycles. The molecule has 2 heterocycles. The molecule has 3 aromatic rings. The molecule has 27 heavy (non-hydrogen) atoms. The Hall–Kier alpha value is -2.47. The quantitative estimate of drug-likeness (QED) is 0.592. The Kier molecular flexibility index (Phi) is 6.06.